The monoisotopic (exact) mass is 403 g/mol. The lowest BCUT2D eigenvalue weighted by molar-refractivity contribution is -0.222. The first-order valence-corrected chi connectivity index (χ1v) is 8.58. The summed E-state index contributed by atoms with van der Waals surface area (Å²) < 4.78 is 24.0. The minimum Gasteiger partial charge on any atom is -0.419 e. The number of carbonyl (C=O) groups is 3. The number of nitrogens with one attached hydrogen (secondary N) is 1. The lowest BCUT2D eigenvalue weighted by Gasteiger charge is -2.29. The standard InChI is InChI=1S/C20H15ClFNO5/c1-20(2)27-18(25)14(19(26)28-20)10-23-16-8-7-11(21)9-13(16)17(24)12-5-3-4-6-15(12)22/h3-10,23H,1-2H3. The molecule has 0 aliphatic carbocycles. The second-order valence-corrected chi connectivity index (χ2v) is 6.82. The minimum absolute atomic E-state index is 0.0623. The van der Waals surface area contributed by atoms with Crippen molar-refractivity contribution in [3.05, 3.63) is 76.2 Å². The number of ketones is 1. The number of halogens is 2. The van der Waals surface area contributed by atoms with Crippen molar-refractivity contribution < 1.29 is 28.2 Å². The number of ether oxygens (including phenoxy) is 2. The van der Waals surface area contributed by atoms with Gasteiger partial charge in [0.15, 0.2) is 11.4 Å². The van der Waals surface area contributed by atoms with Crippen LogP contribution < -0.4 is 5.32 Å². The van der Waals surface area contributed by atoms with Crippen molar-refractivity contribution >= 4 is 35.0 Å². The van der Waals surface area contributed by atoms with Gasteiger partial charge in [-0.1, -0.05) is 23.7 Å². The molecule has 0 spiro atoms. The van der Waals surface area contributed by atoms with Crippen LogP contribution in [0.1, 0.15) is 29.8 Å². The molecule has 0 aromatic heterocycles. The van der Waals surface area contributed by atoms with Gasteiger partial charge in [-0.3, -0.25) is 4.79 Å². The van der Waals surface area contributed by atoms with Crippen LogP contribution in [0.3, 0.4) is 0 Å². The van der Waals surface area contributed by atoms with E-state index in [9.17, 15) is 18.8 Å². The van der Waals surface area contributed by atoms with Crippen LogP contribution in [0, 0.1) is 5.82 Å². The molecule has 2 aromatic rings. The van der Waals surface area contributed by atoms with Gasteiger partial charge in [-0.2, -0.15) is 0 Å². The lowest BCUT2D eigenvalue weighted by atomic mass is 10.0. The van der Waals surface area contributed by atoms with Crippen LogP contribution in [0.25, 0.3) is 0 Å². The normalized spacial score (nSPS) is 15.5. The smallest absolute Gasteiger partial charge is 0.350 e. The van der Waals surface area contributed by atoms with Crippen LogP contribution in [-0.2, 0) is 19.1 Å². The molecule has 0 atom stereocenters. The van der Waals surface area contributed by atoms with E-state index in [1.807, 2.05) is 0 Å². The van der Waals surface area contributed by atoms with E-state index in [1.54, 1.807) is 0 Å². The topological polar surface area (TPSA) is 81.7 Å². The highest BCUT2D eigenvalue weighted by Crippen LogP contribution is 2.26. The summed E-state index contributed by atoms with van der Waals surface area (Å²) in [5, 5.41) is 2.96. The van der Waals surface area contributed by atoms with Crippen molar-refractivity contribution in [1.29, 1.82) is 0 Å². The van der Waals surface area contributed by atoms with E-state index < -0.39 is 29.3 Å². The molecule has 0 saturated carbocycles. The summed E-state index contributed by atoms with van der Waals surface area (Å²) in [5.74, 6) is -4.40. The lowest BCUT2D eigenvalue weighted by Crippen LogP contribution is -2.42. The van der Waals surface area contributed by atoms with Gasteiger partial charge in [0.2, 0.25) is 0 Å². The number of hydrogen-bond donors (Lipinski definition) is 1. The summed E-state index contributed by atoms with van der Waals surface area (Å²) in [5.41, 5.74) is -0.236. The van der Waals surface area contributed by atoms with Gasteiger partial charge in [0.25, 0.3) is 5.79 Å². The van der Waals surface area contributed by atoms with E-state index in [4.69, 9.17) is 21.1 Å². The molecule has 28 heavy (non-hydrogen) atoms. The first-order valence-electron chi connectivity index (χ1n) is 8.20. The first-order chi connectivity index (χ1) is 13.2. The predicted molar refractivity (Wildman–Crippen MR) is 99.3 cm³/mol. The molecule has 1 aliphatic rings. The Hall–Kier alpha value is -3.19. The van der Waals surface area contributed by atoms with Gasteiger partial charge in [0, 0.05) is 36.3 Å². The number of esters is 2. The zero-order valence-corrected chi connectivity index (χ0v) is 15.7. The maximum Gasteiger partial charge on any atom is 0.350 e. The largest absolute Gasteiger partial charge is 0.419 e. The second-order valence-electron chi connectivity index (χ2n) is 6.38. The van der Waals surface area contributed by atoms with Gasteiger partial charge in [0.05, 0.1) is 5.56 Å². The fourth-order valence-electron chi connectivity index (χ4n) is 2.55. The molecule has 144 valence electrons. The van der Waals surface area contributed by atoms with E-state index in [0.717, 1.165) is 6.20 Å². The highest BCUT2D eigenvalue weighted by Gasteiger charge is 2.39. The summed E-state index contributed by atoms with van der Waals surface area (Å²) in [6.45, 7) is 2.86. The molecule has 8 heteroatoms. The Bertz CT molecular complexity index is 993. The molecule has 1 fully saturated rings. The van der Waals surface area contributed by atoms with Crippen molar-refractivity contribution in [2.45, 2.75) is 19.6 Å². The zero-order chi connectivity index (χ0) is 20.5. The maximum absolute atomic E-state index is 14.0. The van der Waals surface area contributed by atoms with E-state index in [0.29, 0.717) is 0 Å². The quantitative estimate of drug-likeness (QED) is 0.361. The Morgan fingerprint density at radius 1 is 1.07 bits per heavy atom. The minimum atomic E-state index is -1.36. The van der Waals surface area contributed by atoms with Crippen LogP contribution >= 0.6 is 11.6 Å². The SMILES string of the molecule is CC1(C)OC(=O)C(=CNc2ccc(Cl)cc2C(=O)c2ccccc2F)C(=O)O1. The number of hydrogen-bond acceptors (Lipinski definition) is 6. The van der Waals surface area contributed by atoms with Crippen LogP contribution in [0.2, 0.25) is 5.02 Å². The van der Waals surface area contributed by atoms with Crippen molar-refractivity contribution in [3.63, 3.8) is 0 Å². The summed E-state index contributed by atoms with van der Waals surface area (Å²) in [6.07, 6.45) is 1.07. The molecular weight excluding hydrogens is 389 g/mol. The molecule has 2 aromatic carbocycles. The van der Waals surface area contributed by atoms with Gasteiger partial charge in [-0.25, -0.2) is 14.0 Å². The van der Waals surface area contributed by atoms with Gasteiger partial charge in [0.1, 0.15) is 5.82 Å². The third-order valence-corrected chi connectivity index (χ3v) is 4.07. The van der Waals surface area contributed by atoms with Gasteiger partial charge in [-0.05, 0) is 30.3 Å². The number of anilines is 1. The number of carbonyl (C=O) groups excluding carboxylic acids is 3. The van der Waals surface area contributed by atoms with Gasteiger partial charge in [-0.15, -0.1) is 0 Å². The van der Waals surface area contributed by atoms with E-state index in [-0.39, 0.29) is 27.4 Å². The van der Waals surface area contributed by atoms with E-state index in [2.05, 4.69) is 5.32 Å². The van der Waals surface area contributed by atoms with Gasteiger partial charge >= 0.3 is 11.9 Å². The number of rotatable bonds is 4. The van der Waals surface area contributed by atoms with E-state index in [1.165, 1.54) is 56.3 Å². The summed E-state index contributed by atoms with van der Waals surface area (Å²) >= 11 is 5.98. The van der Waals surface area contributed by atoms with Crippen LogP contribution in [-0.4, -0.2) is 23.5 Å². The Morgan fingerprint density at radius 2 is 1.71 bits per heavy atom. The third kappa shape index (κ3) is 4.04. The fourth-order valence-corrected chi connectivity index (χ4v) is 2.72. The Balaban J connectivity index is 1.94. The van der Waals surface area contributed by atoms with E-state index >= 15 is 0 Å². The predicted octanol–water partition coefficient (Wildman–Crippen LogP) is 3.84. The Morgan fingerprint density at radius 3 is 2.36 bits per heavy atom. The average Bonchev–Trinajstić information content (AvgIpc) is 2.61. The van der Waals surface area contributed by atoms with Crippen molar-refractivity contribution in [2.75, 3.05) is 5.32 Å². The first kappa shape index (κ1) is 19.6. The third-order valence-electron chi connectivity index (χ3n) is 3.83. The molecule has 0 bridgehead atoms. The van der Waals surface area contributed by atoms with Crippen LogP contribution in [0.5, 0.6) is 0 Å². The Labute approximate surface area is 164 Å². The Kier molecular flexibility index (Phi) is 5.20. The fraction of sp³-hybridized carbons (Fsp3) is 0.150. The van der Waals surface area contributed by atoms with Crippen molar-refractivity contribution in [2.24, 2.45) is 0 Å². The molecule has 3 rings (SSSR count). The maximum atomic E-state index is 14.0. The molecule has 0 amide bonds. The van der Waals surface area contributed by atoms with Crippen molar-refractivity contribution in [3.8, 4) is 0 Å². The highest BCUT2D eigenvalue weighted by molar-refractivity contribution is 6.31. The molecule has 1 heterocycles. The van der Waals surface area contributed by atoms with Crippen LogP contribution in [0.4, 0.5) is 10.1 Å². The molecule has 1 aliphatic heterocycles. The highest BCUT2D eigenvalue weighted by atomic mass is 35.5. The number of benzene rings is 2. The molecule has 6 nitrogen and oxygen atoms in total. The molecular formula is C20H15ClFNO5. The van der Waals surface area contributed by atoms with Gasteiger partial charge < -0.3 is 14.8 Å². The van der Waals surface area contributed by atoms with Crippen LogP contribution in [0.15, 0.2) is 54.2 Å². The van der Waals surface area contributed by atoms with Crippen molar-refractivity contribution in [1.82, 2.24) is 0 Å². The summed E-state index contributed by atoms with van der Waals surface area (Å²) in [4.78, 5) is 36.8. The number of cyclic esters (lactones) is 2. The molecule has 1 saturated heterocycles. The zero-order valence-electron chi connectivity index (χ0n) is 14.9. The second kappa shape index (κ2) is 7.44. The molecule has 1 N–H and O–H groups in total. The summed E-state index contributed by atoms with van der Waals surface area (Å²) in [6, 6.07) is 9.85. The average molecular weight is 404 g/mol. The molecule has 0 radical (unpaired) electrons. The molecule has 0 unspecified atom stereocenters. The summed E-state index contributed by atoms with van der Waals surface area (Å²) in [7, 11) is 0.